The van der Waals surface area contributed by atoms with Crippen LogP contribution in [-0.4, -0.2) is 22.7 Å². The van der Waals surface area contributed by atoms with Crippen molar-refractivity contribution >= 4 is 18.8 Å². The first-order valence-corrected chi connectivity index (χ1v) is 7.03. The monoisotopic (exact) mass is 203 g/mol. The van der Waals surface area contributed by atoms with E-state index in [1.54, 1.807) is 30.3 Å². The van der Waals surface area contributed by atoms with Crippen LogP contribution in [0.3, 0.4) is 0 Å². The van der Waals surface area contributed by atoms with Gasteiger partial charge in [-0.3, -0.25) is 0 Å². The van der Waals surface area contributed by atoms with Gasteiger partial charge in [-0.2, -0.15) is 0 Å². The molecule has 0 amide bonds. The summed E-state index contributed by atoms with van der Waals surface area (Å²) < 4.78 is 23.6. The summed E-state index contributed by atoms with van der Waals surface area (Å²) in [7, 11) is 0. The Kier molecular flexibility index (Phi) is 2.11. The van der Waals surface area contributed by atoms with Crippen molar-refractivity contribution in [1.29, 1.82) is 0 Å². The Morgan fingerprint density at radius 3 is 1.90 bits per heavy atom. The van der Waals surface area contributed by atoms with Crippen molar-refractivity contribution in [3.05, 3.63) is 30.3 Å². The third kappa shape index (κ3) is 1.82. The van der Waals surface area contributed by atoms with E-state index in [-0.39, 0.29) is 0 Å². The first kappa shape index (κ1) is 7.76. The summed E-state index contributed by atoms with van der Waals surface area (Å²) in [4.78, 5) is 0. The molecule has 0 radical (unpaired) electrons. The second-order valence-electron chi connectivity index (χ2n) is 2.09. The normalized spacial score (nSPS) is 13.1. The van der Waals surface area contributed by atoms with Gasteiger partial charge in [0.15, 0.2) is 0 Å². The zero-order valence-electron chi connectivity index (χ0n) is 5.36. The molecule has 4 N–H and O–H groups in total. The van der Waals surface area contributed by atoms with E-state index in [2.05, 4.69) is 0 Å². The second-order valence-corrected chi connectivity index (χ2v) is 6.35. The average molecular weight is 203 g/mol. The van der Waals surface area contributed by atoms with Gasteiger partial charge in [0.25, 0.3) is 0 Å². The summed E-state index contributed by atoms with van der Waals surface area (Å²) in [6.45, 7) is 0. The van der Waals surface area contributed by atoms with E-state index in [1.807, 2.05) is 0 Å². The van der Waals surface area contributed by atoms with Crippen molar-refractivity contribution in [1.82, 2.24) is 0 Å². The van der Waals surface area contributed by atoms with Gasteiger partial charge in [0.05, 0.1) is 0 Å². The summed E-state index contributed by atoms with van der Waals surface area (Å²) in [5.41, 5.74) is 0. The number of benzene rings is 1. The molecule has 0 aliphatic heterocycles. The van der Waals surface area contributed by atoms with E-state index in [9.17, 15) is 0 Å². The van der Waals surface area contributed by atoms with Gasteiger partial charge in [0.1, 0.15) is 0 Å². The van der Waals surface area contributed by atoms with E-state index in [0.29, 0.717) is 4.35 Å². The Labute approximate surface area is 62.5 Å². The molecule has 0 aliphatic rings. The molecule has 0 fully saturated rings. The Balaban J connectivity index is 2.97. The first-order chi connectivity index (χ1) is 4.61. The van der Waals surface area contributed by atoms with Crippen LogP contribution in [0.4, 0.5) is 0 Å². The molecule has 0 saturated carbocycles. The Morgan fingerprint density at radius 2 is 1.60 bits per heavy atom. The van der Waals surface area contributed by atoms with E-state index < -0.39 is 14.5 Å². The van der Waals surface area contributed by atoms with Gasteiger partial charge >= 0.3 is 62.0 Å². The number of nitrogens with two attached hydrogens (primary N) is 1. The molecule has 0 atom stereocenters. The predicted octanol–water partition coefficient (Wildman–Crippen LogP) is -1.49. The molecule has 0 unspecified atom stereocenters. The maximum absolute atomic E-state index is 9.01. The zero-order chi connectivity index (χ0) is 7.61. The van der Waals surface area contributed by atoms with Gasteiger partial charge in [0.2, 0.25) is 0 Å². The fourth-order valence-corrected chi connectivity index (χ4v) is 2.12. The van der Waals surface area contributed by atoms with Crippen molar-refractivity contribution in [3.8, 4) is 0 Å². The predicted molar refractivity (Wildman–Crippen MR) is 41.9 cm³/mol. The summed E-state index contributed by atoms with van der Waals surface area (Å²) in [5.74, 6) is 0. The van der Waals surface area contributed by atoms with E-state index >= 15 is 0 Å². The van der Waals surface area contributed by atoms with Crippen LogP contribution in [0.1, 0.15) is 0 Å². The number of rotatable bonds is 1. The Morgan fingerprint density at radius 1 is 1.10 bits per heavy atom. The van der Waals surface area contributed by atoms with Crippen LogP contribution in [0.15, 0.2) is 30.3 Å². The van der Waals surface area contributed by atoms with Gasteiger partial charge < -0.3 is 0 Å². The zero-order valence-corrected chi connectivity index (χ0v) is 7.46. The molecule has 56 valence electrons. The van der Waals surface area contributed by atoms with E-state index in [1.165, 1.54) is 0 Å². The fraction of sp³-hybridized carbons (Fsp3) is 0. The van der Waals surface area contributed by atoms with E-state index in [0.717, 1.165) is 0 Å². The van der Waals surface area contributed by atoms with Crippen LogP contribution >= 0.6 is 0 Å². The van der Waals surface area contributed by atoms with Crippen LogP contribution in [-0.2, 0) is 0 Å². The molecule has 3 nitrogen and oxygen atoms in total. The fourth-order valence-electron chi connectivity index (χ4n) is 0.683. The molecule has 0 aromatic heterocycles. The molecule has 4 heteroatoms. The van der Waals surface area contributed by atoms with Gasteiger partial charge in [-0.25, -0.2) is 0 Å². The summed E-state index contributed by atoms with van der Waals surface area (Å²) in [6, 6.07) is 8.51. The van der Waals surface area contributed by atoms with Crippen molar-refractivity contribution in [2.75, 3.05) is 0 Å². The number of hydrogen-bond acceptors (Lipinski definition) is 3. The summed E-state index contributed by atoms with van der Waals surface area (Å²) in [6.07, 6.45) is 0. The topological polar surface area (TPSA) is 66.5 Å². The molecular formula is C6H10AsNO2. The molecule has 0 bridgehead atoms. The van der Waals surface area contributed by atoms with E-state index in [4.69, 9.17) is 12.8 Å². The van der Waals surface area contributed by atoms with Crippen LogP contribution in [0, 0.1) is 0 Å². The molecule has 1 aromatic carbocycles. The van der Waals surface area contributed by atoms with Crippen molar-refractivity contribution in [2.24, 2.45) is 4.65 Å². The standard InChI is InChI=1S/C6H10AsNO2/c8-7(9,10)6-4-2-1-3-5-6/h1-5,7,9-10H,8H2. The third-order valence-corrected chi connectivity index (χ3v) is 3.68. The third-order valence-electron chi connectivity index (χ3n) is 1.20. The molecule has 0 heterocycles. The second kappa shape index (κ2) is 2.72. The van der Waals surface area contributed by atoms with Crippen molar-refractivity contribution < 1.29 is 8.19 Å². The Hall–Kier alpha value is -0.342. The molecule has 0 spiro atoms. The quantitative estimate of drug-likeness (QED) is 0.487. The molecule has 0 aliphatic carbocycles. The van der Waals surface area contributed by atoms with Crippen LogP contribution < -0.4 is 9.00 Å². The molecule has 1 aromatic rings. The van der Waals surface area contributed by atoms with Crippen LogP contribution in [0.25, 0.3) is 0 Å². The van der Waals surface area contributed by atoms with Gasteiger partial charge in [-0.05, 0) is 0 Å². The van der Waals surface area contributed by atoms with Gasteiger partial charge in [-0.1, -0.05) is 0 Å². The molecule has 0 saturated heterocycles. The Bertz CT molecular complexity index is 207. The number of hydrogen-bond donors (Lipinski definition) is 3. The molecule has 1 rings (SSSR count). The summed E-state index contributed by atoms with van der Waals surface area (Å²) >= 11 is -4.00. The van der Waals surface area contributed by atoms with Crippen molar-refractivity contribution in [2.45, 2.75) is 0 Å². The van der Waals surface area contributed by atoms with Gasteiger partial charge in [0, 0.05) is 0 Å². The average Bonchev–Trinajstić information content (AvgIpc) is 1.88. The van der Waals surface area contributed by atoms with Crippen molar-refractivity contribution in [3.63, 3.8) is 0 Å². The van der Waals surface area contributed by atoms with Crippen LogP contribution in [0.5, 0.6) is 0 Å². The molecular weight excluding hydrogens is 193 g/mol. The van der Waals surface area contributed by atoms with Crippen LogP contribution in [0.2, 0.25) is 0 Å². The minimum atomic E-state index is -4.00. The minimum absolute atomic E-state index is 0.475. The molecule has 10 heavy (non-hydrogen) atoms. The maximum atomic E-state index is 9.01. The SMILES string of the molecule is N[AsH](O)(O)c1ccccc1. The summed E-state index contributed by atoms with van der Waals surface area (Å²) in [5, 5.41) is 0. The van der Waals surface area contributed by atoms with Gasteiger partial charge in [-0.15, -0.1) is 0 Å². The first-order valence-electron chi connectivity index (χ1n) is 2.90.